The average Bonchev–Trinajstić information content (AvgIpc) is 2.89. The molecular weight excluding hydrogens is 258 g/mol. The van der Waals surface area contributed by atoms with Gasteiger partial charge in [-0.2, -0.15) is 0 Å². The fourth-order valence-electron chi connectivity index (χ4n) is 3.04. The first-order chi connectivity index (χ1) is 9.22. The van der Waals surface area contributed by atoms with Crippen LogP contribution in [0.15, 0.2) is 46.1 Å². The second-order valence-corrected chi connectivity index (χ2v) is 7.19. The summed E-state index contributed by atoms with van der Waals surface area (Å²) in [5.74, 6) is 1.45. The Morgan fingerprint density at radius 3 is 2.79 bits per heavy atom. The van der Waals surface area contributed by atoms with Crippen LogP contribution in [-0.4, -0.2) is 27.7 Å². The molecule has 2 fully saturated rings. The summed E-state index contributed by atoms with van der Waals surface area (Å²) in [4.78, 5) is 12.3. The number of fused-ring (bicyclic) bond motifs is 2. The maximum absolute atomic E-state index is 12.3. The molecule has 0 spiro atoms. The molecule has 0 atom stereocenters. The van der Waals surface area contributed by atoms with Gasteiger partial charge in [-0.1, -0.05) is 6.08 Å². The highest BCUT2D eigenvalue weighted by Crippen LogP contribution is 2.51. The number of rotatable bonds is 2. The third kappa shape index (κ3) is 1.86. The number of hydrogen-bond donors (Lipinski definition) is 1. The first-order valence-electron chi connectivity index (χ1n) is 6.75. The van der Waals surface area contributed by atoms with Crippen molar-refractivity contribution in [3.63, 3.8) is 0 Å². The average molecular weight is 273 g/mol. The molecule has 3 aliphatic carbocycles. The van der Waals surface area contributed by atoms with E-state index >= 15 is 0 Å². The first kappa shape index (κ1) is 11.4. The maximum atomic E-state index is 12.3. The Balaban J connectivity index is 1.49. The largest absolute Gasteiger partial charge is 0.349 e. The smallest absolute Gasteiger partial charge is 0.252 e. The van der Waals surface area contributed by atoms with Crippen LogP contribution in [-0.2, 0) is 15.6 Å². The molecule has 1 amide bonds. The lowest BCUT2D eigenvalue weighted by atomic mass is 10.1. The third-order valence-corrected chi connectivity index (χ3v) is 5.62. The van der Waals surface area contributed by atoms with E-state index < -0.39 is 10.8 Å². The summed E-state index contributed by atoms with van der Waals surface area (Å²) in [6.07, 6.45) is 8.91. The molecule has 1 saturated carbocycles. The Morgan fingerprint density at radius 2 is 2.00 bits per heavy atom. The highest BCUT2D eigenvalue weighted by Gasteiger charge is 2.35. The van der Waals surface area contributed by atoms with Gasteiger partial charge < -0.3 is 5.32 Å². The van der Waals surface area contributed by atoms with Crippen LogP contribution >= 0.6 is 0 Å². The Kier molecular flexibility index (Phi) is 2.42. The molecule has 0 aromatic carbocycles. The van der Waals surface area contributed by atoms with Gasteiger partial charge in [-0.25, -0.2) is 0 Å². The van der Waals surface area contributed by atoms with E-state index in [4.69, 9.17) is 0 Å². The van der Waals surface area contributed by atoms with Crippen molar-refractivity contribution in [1.29, 1.82) is 0 Å². The Hall–Kier alpha value is -1.42. The third-order valence-electron chi connectivity index (χ3n) is 4.24. The summed E-state index contributed by atoms with van der Waals surface area (Å²) in [6, 6.07) is 0.187. The molecule has 1 heterocycles. The maximum Gasteiger partial charge on any atom is 0.252 e. The van der Waals surface area contributed by atoms with E-state index in [1.165, 1.54) is 16.7 Å². The van der Waals surface area contributed by atoms with E-state index in [-0.39, 0.29) is 11.9 Å². The molecule has 0 bridgehead atoms. The van der Waals surface area contributed by atoms with Crippen molar-refractivity contribution in [1.82, 2.24) is 5.32 Å². The minimum atomic E-state index is -0.675. The molecule has 4 rings (SSSR count). The molecule has 19 heavy (non-hydrogen) atoms. The molecule has 0 unspecified atom stereocenters. The zero-order valence-corrected chi connectivity index (χ0v) is 11.4. The van der Waals surface area contributed by atoms with Crippen molar-refractivity contribution in [2.75, 3.05) is 11.5 Å². The summed E-state index contributed by atoms with van der Waals surface area (Å²) in [5, 5.41) is 3.09. The number of hydrogen-bond acceptors (Lipinski definition) is 2. The Labute approximate surface area is 114 Å². The van der Waals surface area contributed by atoms with E-state index in [0.717, 1.165) is 30.4 Å². The molecule has 3 nitrogen and oxygen atoms in total. The highest BCUT2D eigenvalue weighted by atomic mass is 32.2. The van der Waals surface area contributed by atoms with E-state index in [0.29, 0.717) is 11.5 Å². The van der Waals surface area contributed by atoms with Crippen molar-refractivity contribution >= 4 is 16.7 Å². The number of carbonyl (C=O) groups is 1. The van der Waals surface area contributed by atoms with Crippen LogP contribution in [0.3, 0.4) is 0 Å². The molecule has 4 aliphatic rings. The molecule has 4 heteroatoms. The molecular formula is C15H15NO2S. The Bertz CT molecular complexity index is 627. The lowest BCUT2D eigenvalue weighted by Crippen LogP contribution is -2.40. The summed E-state index contributed by atoms with van der Waals surface area (Å²) >= 11 is 0. The summed E-state index contributed by atoms with van der Waals surface area (Å²) < 4.78 is 11.3. The predicted octanol–water partition coefficient (Wildman–Crippen LogP) is 1.52. The number of carbonyl (C=O) groups excluding carboxylic acids is 1. The minimum absolute atomic E-state index is 0.0256. The summed E-state index contributed by atoms with van der Waals surface area (Å²) in [6.45, 7) is 0. The monoisotopic (exact) mass is 273 g/mol. The second-order valence-electron chi connectivity index (χ2n) is 5.50. The van der Waals surface area contributed by atoms with Crippen LogP contribution in [0.25, 0.3) is 0 Å². The van der Waals surface area contributed by atoms with Gasteiger partial charge in [-0.3, -0.25) is 9.00 Å². The zero-order valence-electron chi connectivity index (χ0n) is 10.6. The molecule has 1 N–H and O–H groups in total. The predicted molar refractivity (Wildman–Crippen MR) is 74.9 cm³/mol. The highest BCUT2D eigenvalue weighted by molar-refractivity contribution is 7.85. The molecule has 0 radical (unpaired) electrons. The van der Waals surface area contributed by atoms with E-state index in [1.807, 2.05) is 6.08 Å². The lowest BCUT2D eigenvalue weighted by Gasteiger charge is -2.22. The van der Waals surface area contributed by atoms with Crippen LogP contribution in [0.5, 0.6) is 0 Å². The number of nitrogens with one attached hydrogen (secondary N) is 1. The topological polar surface area (TPSA) is 46.2 Å². The van der Waals surface area contributed by atoms with Crippen molar-refractivity contribution in [3.8, 4) is 0 Å². The van der Waals surface area contributed by atoms with Gasteiger partial charge in [0.25, 0.3) is 5.91 Å². The van der Waals surface area contributed by atoms with E-state index in [1.54, 1.807) is 0 Å². The standard InChI is InChI=1S/C15H15NO2S/c17-15(16-10-3-5-19(18)6-4-10)12-2-1-11-13-7-9(13)8-14(11)12/h1-2,8,10H,3-7H2,(H,16,17). The van der Waals surface area contributed by atoms with Crippen LogP contribution in [0.2, 0.25) is 0 Å². The molecule has 0 aromatic rings. The molecule has 1 aliphatic heterocycles. The van der Waals surface area contributed by atoms with Crippen molar-refractivity contribution in [2.24, 2.45) is 0 Å². The second kappa shape index (κ2) is 4.04. The normalized spacial score (nSPS) is 31.3. The van der Waals surface area contributed by atoms with Crippen molar-refractivity contribution in [2.45, 2.75) is 25.3 Å². The first-order valence-corrected chi connectivity index (χ1v) is 8.24. The van der Waals surface area contributed by atoms with E-state index in [2.05, 4.69) is 17.5 Å². The number of allylic oxidation sites excluding steroid dienone is 6. The van der Waals surface area contributed by atoms with Gasteiger partial charge in [-0.05, 0) is 53.7 Å². The summed E-state index contributed by atoms with van der Waals surface area (Å²) in [7, 11) is -0.675. The van der Waals surface area contributed by atoms with Crippen LogP contribution in [0.4, 0.5) is 0 Å². The van der Waals surface area contributed by atoms with Crippen molar-refractivity contribution < 1.29 is 9.00 Å². The quantitative estimate of drug-likeness (QED) is 0.829. The zero-order chi connectivity index (χ0) is 13.0. The fraction of sp³-hybridized carbons (Fsp3) is 0.400. The fourth-order valence-corrected chi connectivity index (χ4v) is 4.34. The van der Waals surface area contributed by atoms with Gasteiger partial charge in [-0.15, -0.1) is 0 Å². The van der Waals surface area contributed by atoms with Gasteiger partial charge in [0.1, 0.15) is 0 Å². The lowest BCUT2D eigenvalue weighted by molar-refractivity contribution is -0.117. The van der Waals surface area contributed by atoms with Gasteiger partial charge in [0.05, 0.1) is 0 Å². The van der Waals surface area contributed by atoms with E-state index in [9.17, 15) is 9.00 Å². The van der Waals surface area contributed by atoms with Crippen LogP contribution in [0, 0.1) is 0 Å². The molecule has 0 aromatic heterocycles. The van der Waals surface area contributed by atoms with Crippen molar-refractivity contribution in [3.05, 3.63) is 46.1 Å². The number of amides is 1. The van der Waals surface area contributed by atoms with Crippen LogP contribution in [0.1, 0.15) is 19.3 Å². The van der Waals surface area contributed by atoms with Gasteiger partial charge in [0.2, 0.25) is 0 Å². The SMILES string of the molecule is O=C(NC1CCS(=O)CC1)C1=C2C=C3CC3=C2C=C1. The minimum Gasteiger partial charge on any atom is -0.349 e. The molecule has 1 saturated heterocycles. The van der Waals surface area contributed by atoms with Gasteiger partial charge in [0, 0.05) is 33.9 Å². The van der Waals surface area contributed by atoms with Gasteiger partial charge in [0.15, 0.2) is 0 Å². The summed E-state index contributed by atoms with van der Waals surface area (Å²) in [5.41, 5.74) is 5.97. The van der Waals surface area contributed by atoms with Gasteiger partial charge >= 0.3 is 0 Å². The Morgan fingerprint density at radius 1 is 1.21 bits per heavy atom. The van der Waals surface area contributed by atoms with Crippen LogP contribution < -0.4 is 5.32 Å². The molecule has 98 valence electrons.